The normalized spacial score (nSPS) is 25.0. The molecule has 5 heteroatoms. The lowest BCUT2D eigenvalue weighted by molar-refractivity contribution is -0.153. The highest BCUT2D eigenvalue weighted by atomic mass is 16.5. The second kappa shape index (κ2) is 7.36. The van der Waals surface area contributed by atoms with Gasteiger partial charge >= 0.3 is 5.97 Å². The van der Waals surface area contributed by atoms with E-state index in [1.165, 1.54) is 19.1 Å². The Morgan fingerprint density at radius 1 is 1.12 bits per heavy atom. The van der Waals surface area contributed by atoms with Gasteiger partial charge in [0.05, 0.1) is 6.26 Å². The predicted molar refractivity (Wildman–Crippen MR) is 95.4 cm³/mol. The van der Waals surface area contributed by atoms with Crippen molar-refractivity contribution in [1.29, 1.82) is 0 Å². The number of carbonyl (C=O) groups is 2. The van der Waals surface area contributed by atoms with Crippen LogP contribution in [0.15, 0.2) is 53.1 Å². The Bertz CT molecular complexity index is 756. The summed E-state index contributed by atoms with van der Waals surface area (Å²) in [5, 5.41) is 2.78. The van der Waals surface area contributed by atoms with Crippen molar-refractivity contribution < 1.29 is 18.7 Å². The molecule has 136 valence electrons. The highest BCUT2D eigenvalue weighted by molar-refractivity contribution is 5.94. The van der Waals surface area contributed by atoms with E-state index in [1.54, 1.807) is 12.1 Å². The van der Waals surface area contributed by atoms with Crippen LogP contribution >= 0.6 is 0 Å². The molecular weight excluding hydrogens is 330 g/mol. The molecule has 2 aliphatic carbocycles. The highest BCUT2D eigenvalue weighted by Gasteiger charge is 2.42. The summed E-state index contributed by atoms with van der Waals surface area (Å²) in [5.74, 6) is 0.619. The number of carbonyl (C=O) groups excluding carboxylic acids is 2. The maximum Gasteiger partial charge on any atom is 0.329 e. The van der Waals surface area contributed by atoms with Gasteiger partial charge in [0.1, 0.15) is 12.1 Å². The van der Waals surface area contributed by atoms with E-state index in [-0.39, 0.29) is 17.8 Å². The van der Waals surface area contributed by atoms with Crippen molar-refractivity contribution in [2.45, 2.75) is 44.2 Å². The molecule has 1 heterocycles. The zero-order valence-corrected chi connectivity index (χ0v) is 14.6. The smallest absolute Gasteiger partial charge is 0.329 e. The van der Waals surface area contributed by atoms with Crippen molar-refractivity contribution in [3.63, 3.8) is 0 Å². The van der Waals surface area contributed by atoms with Gasteiger partial charge in [0, 0.05) is 6.42 Å². The van der Waals surface area contributed by atoms with Gasteiger partial charge in [-0.2, -0.15) is 0 Å². The predicted octanol–water partition coefficient (Wildman–Crippen LogP) is 3.35. The SMILES string of the molecule is O=C(N[C@H](Cc1ccccc1)C(=O)O[C@H]1C[C@H]2CC[C@H]1C2)c1ccco1. The average molecular weight is 353 g/mol. The number of furan rings is 1. The van der Waals surface area contributed by atoms with Crippen LogP contribution in [0.3, 0.4) is 0 Å². The molecule has 0 unspecified atom stereocenters. The first kappa shape index (κ1) is 16.9. The van der Waals surface area contributed by atoms with Crippen molar-refractivity contribution in [3.8, 4) is 0 Å². The van der Waals surface area contributed by atoms with E-state index in [4.69, 9.17) is 9.15 Å². The van der Waals surface area contributed by atoms with E-state index in [9.17, 15) is 9.59 Å². The van der Waals surface area contributed by atoms with Crippen LogP contribution in [0.4, 0.5) is 0 Å². The van der Waals surface area contributed by atoms with E-state index < -0.39 is 11.9 Å². The van der Waals surface area contributed by atoms with Crippen molar-refractivity contribution in [2.75, 3.05) is 0 Å². The number of ether oxygens (including phenoxy) is 1. The summed E-state index contributed by atoms with van der Waals surface area (Å²) in [6.45, 7) is 0. The summed E-state index contributed by atoms with van der Waals surface area (Å²) in [6.07, 6.45) is 6.36. The zero-order valence-electron chi connectivity index (χ0n) is 14.6. The Labute approximate surface area is 152 Å². The number of hydrogen-bond donors (Lipinski definition) is 1. The molecule has 2 saturated carbocycles. The van der Waals surface area contributed by atoms with Crippen LogP contribution in [0.2, 0.25) is 0 Å². The van der Waals surface area contributed by atoms with E-state index >= 15 is 0 Å². The van der Waals surface area contributed by atoms with Gasteiger partial charge in [-0.25, -0.2) is 4.79 Å². The minimum absolute atomic E-state index is 0.0000354. The van der Waals surface area contributed by atoms with Crippen LogP contribution in [0.5, 0.6) is 0 Å². The van der Waals surface area contributed by atoms with Gasteiger partial charge in [-0.15, -0.1) is 0 Å². The van der Waals surface area contributed by atoms with Gasteiger partial charge in [-0.1, -0.05) is 30.3 Å². The standard InChI is InChI=1S/C21H23NO4/c23-20(18-7-4-10-25-18)22-17(12-14-5-2-1-3-6-14)21(24)26-19-13-15-8-9-16(19)11-15/h1-7,10,15-17,19H,8-9,11-13H2,(H,22,23)/t15-,16-,17+,19-/m0/s1. The Morgan fingerprint density at radius 2 is 1.96 bits per heavy atom. The fraction of sp³-hybridized carbons (Fsp3) is 0.429. The summed E-state index contributed by atoms with van der Waals surface area (Å²) in [6, 6.07) is 12.1. The van der Waals surface area contributed by atoms with E-state index in [0.29, 0.717) is 18.3 Å². The number of esters is 1. The second-order valence-corrected chi connectivity index (χ2v) is 7.34. The molecule has 1 N–H and O–H groups in total. The Hall–Kier alpha value is -2.56. The molecule has 2 fully saturated rings. The maximum absolute atomic E-state index is 12.8. The lowest BCUT2D eigenvalue weighted by atomic mass is 9.97. The van der Waals surface area contributed by atoms with E-state index in [0.717, 1.165) is 18.4 Å². The van der Waals surface area contributed by atoms with Crippen LogP contribution in [-0.2, 0) is 16.0 Å². The minimum Gasteiger partial charge on any atom is -0.461 e. The first-order valence-electron chi connectivity index (χ1n) is 9.28. The van der Waals surface area contributed by atoms with Crippen LogP contribution in [0, 0.1) is 11.8 Å². The molecule has 4 rings (SSSR count). The van der Waals surface area contributed by atoms with Crippen LogP contribution in [0.25, 0.3) is 0 Å². The van der Waals surface area contributed by atoms with Crippen molar-refractivity contribution in [3.05, 3.63) is 60.1 Å². The maximum atomic E-state index is 12.8. The third-order valence-electron chi connectivity index (χ3n) is 5.56. The molecule has 1 amide bonds. The highest BCUT2D eigenvalue weighted by Crippen LogP contribution is 2.45. The molecule has 5 nitrogen and oxygen atoms in total. The molecule has 0 aliphatic heterocycles. The number of benzene rings is 1. The van der Waals surface area contributed by atoms with E-state index in [1.807, 2.05) is 30.3 Å². The van der Waals surface area contributed by atoms with Crippen LogP contribution in [-0.4, -0.2) is 24.0 Å². The third kappa shape index (κ3) is 3.66. The molecule has 2 bridgehead atoms. The number of amides is 1. The molecule has 1 aromatic carbocycles. The van der Waals surface area contributed by atoms with Gasteiger partial charge in [0.2, 0.25) is 0 Å². The molecule has 2 aliphatic rings. The van der Waals surface area contributed by atoms with Gasteiger partial charge in [0.25, 0.3) is 5.91 Å². The fourth-order valence-electron chi connectivity index (χ4n) is 4.24. The molecule has 1 aromatic heterocycles. The lowest BCUT2D eigenvalue weighted by Gasteiger charge is -2.25. The molecular formula is C21H23NO4. The van der Waals surface area contributed by atoms with Crippen LogP contribution in [0.1, 0.15) is 41.8 Å². The van der Waals surface area contributed by atoms with Gasteiger partial charge in [-0.3, -0.25) is 4.79 Å². The summed E-state index contributed by atoms with van der Waals surface area (Å²) in [4.78, 5) is 25.2. The monoisotopic (exact) mass is 353 g/mol. The zero-order chi connectivity index (χ0) is 17.9. The Kier molecular flexibility index (Phi) is 4.78. The van der Waals surface area contributed by atoms with Crippen molar-refractivity contribution in [1.82, 2.24) is 5.32 Å². The largest absolute Gasteiger partial charge is 0.461 e. The Morgan fingerprint density at radius 3 is 2.62 bits per heavy atom. The Balaban J connectivity index is 1.45. The summed E-state index contributed by atoms with van der Waals surface area (Å²) >= 11 is 0. The molecule has 4 atom stereocenters. The van der Waals surface area contributed by atoms with Gasteiger partial charge in [0.15, 0.2) is 5.76 Å². The van der Waals surface area contributed by atoms with Gasteiger partial charge in [-0.05, 0) is 55.2 Å². The molecule has 0 saturated heterocycles. The molecule has 2 aromatic rings. The summed E-state index contributed by atoms with van der Waals surface area (Å²) in [7, 11) is 0. The number of rotatable bonds is 6. The van der Waals surface area contributed by atoms with E-state index in [2.05, 4.69) is 5.32 Å². The first-order valence-corrected chi connectivity index (χ1v) is 9.28. The minimum atomic E-state index is -0.728. The second-order valence-electron chi connectivity index (χ2n) is 7.34. The fourth-order valence-corrected chi connectivity index (χ4v) is 4.24. The average Bonchev–Trinajstić information content (AvgIpc) is 3.40. The third-order valence-corrected chi connectivity index (χ3v) is 5.56. The molecule has 0 radical (unpaired) electrons. The summed E-state index contributed by atoms with van der Waals surface area (Å²) in [5.41, 5.74) is 0.974. The number of fused-ring (bicyclic) bond motifs is 2. The van der Waals surface area contributed by atoms with Crippen molar-refractivity contribution >= 4 is 11.9 Å². The summed E-state index contributed by atoms with van der Waals surface area (Å²) < 4.78 is 10.9. The molecule has 0 spiro atoms. The number of hydrogen-bond acceptors (Lipinski definition) is 4. The lowest BCUT2D eigenvalue weighted by Crippen LogP contribution is -2.45. The molecule has 26 heavy (non-hydrogen) atoms. The topological polar surface area (TPSA) is 68.5 Å². The first-order chi connectivity index (χ1) is 12.7. The quantitative estimate of drug-likeness (QED) is 0.809. The number of nitrogens with one attached hydrogen (secondary N) is 1. The van der Waals surface area contributed by atoms with Crippen LogP contribution < -0.4 is 5.32 Å². The van der Waals surface area contributed by atoms with Gasteiger partial charge < -0.3 is 14.5 Å². The van der Waals surface area contributed by atoms with Crippen molar-refractivity contribution in [2.24, 2.45) is 11.8 Å².